The van der Waals surface area contributed by atoms with E-state index >= 15 is 0 Å². The van der Waals surface area contributed by atoms with Crippen molar-refractivity contribution in [1.82, 2.24) is 5.32 Å². The number of amides is 2. The second-order valence-electron chi connectivity index (χ2n) is 5.88. The molecule has 0 aliphatic carbocycles. The smallest absolute Gasteiger partial charge is 0.319 e. The van der Waals surface area contributed by atoms with Crippen LogP contribution in [0, 0.1) is 11.3 Å². The summed E-state index contributed by atoms with van der Waals surface area (Å²) >= 11 is 0. The van der Waals surface area contributed by atoms with E-state index in [9.17, 15) is 4.79 Å². The van der Waals surface area contributed by atoms with Crippen molar-refractivity contribution in [3.63, 3.8) is 0 Å². The molecule has 2 amide bonds. The van der Waals surface area contributed by atoms with Crippen molar-refractivity contribution >= 4 is 11.7 Å². The molecule has 0 fully saturated rings. The lowest BCUT2D eigenvalue weighted by molar-refractivity contribution is 0.252. The Morgan fingerprint density at radius 2 is 1.52 bits per heavy atom. The van der Waals surface area contributed by atoms with Gasteiger partial charge in [0, 0.05) is 12.2 Å². The molecule has 0 saturated carbocycles. The minimum absolute atomic E-state index is 0.244. The highest BCUT2D eigenvalue weighted by molar-refractivity contribution is 5.89. The standard InChI is InChI=1S/C22H19N3O2/c23-16-18-6-10-20(11-7-18)27-21-12-8-19(9-13-21)25-22(26)24-15-14-17-4-2-1-3-5-17/h1-13H,14-15H2,(H2,24,25,26). The monoisotopic (exact) mass is 357 g/mol. The van der Waals surface area contributed by atoms with Gasteiger partial charge in [0.15, 0.2) is 0 Å². The van der Waals surface area contributed by atoms with E-state index in [4.69, 9.17) is 10.00 Å². The molecule has 27 heavy (non-hydrogen) atoms. The van der Waals surface area contributed by atoms with Gasteiger partial charge >= 0.3 is 6.03 Å². The van der Waals surface area contributed by atoms with E-state index in [1.807, 2.05) is 30.3 Å². The number of nitriles is 1. The number of ether oxygens (including phenoxy) is 1. The first-order valence-corrected chi connectivity index (χ1v) is 8.60. The Bertz CT molecular complexity index is 915. The first kappa shape index (κ1) is 18.0. The molecule has 0 radical (unpaired) electrons. The quantitative estimate of drug-likeness (QED) is 0.671. The number of hydrogen-bond donors (Lipinski definition) is 2. The Balaban J connectivity index is 1.46. The van der Waals surface area contributed by atoms with Crippen LogP contribution in [0.15, 0.2) is 78.9 Å². The zero-order chi connectivity index (χ0) is 18.9. The Morgan fingerprint density at radius 3 is 2.15 bits per heavy atom. The van der Waals surface area contributed by atoms with E-state index in [-0.39, 0.29) is 6.03 Å². The van der Waals surface area contributed by atoms with E-state index in [1.54, 1.807) is 48.5 Å². The molecule has 0 spiro atoms. The van der Waals surface area contributed by atoms with E-state index < -0.39 is 0 Å². The van der Waals surface area contributed by atoms with Gasteiger partial charge in [-0.25, -0.2) is 4.79 Å². The average Bonchev–Trinajstić information content (AvgIpc) is 2.71. The van der Waals surface area contributed by atoms with Gasteiger partial charge in [-0.15, -0.1) is 0 Å². The third-order valence-corrected chi connectivity index (χ3v) is 3.87. The van der Waals surface area contributed by atoms with Crippen LogP contribution in [0.1, 0.15) is 11.1 Å². The van der Waals surface area contributed by atoms with Crippen LogP contribution in [0.2, 0.25) is 0 Å². The van der Waals surface area contributed by atoms with Crippen molar-refractivity contribution < 1.29 is 9.53 Å². The fourth-order valence-corrected chi connectivity index (χ4v) is 2.48. The predicted molar refractivity (Wildman–Crippen MR) is 105 cm³/mol. The van der Waals surface area contributed by atoms with Gasteiger partial charge in [0.2, 0.25) is 0 Å². The first-order chi connectivity index (χ1) is 13.2. The molecule has 3 aromatic rings. The highest BCUT2D eigenvalue weighted by Crippen LogP contribution is 2.23. The number of urea groups is 1. The summed E-state index contributed by atoms with van der Waals surface area (Å²) in [6.07, 6.45) is 0.783. The van der Waals surface area contributed by atoms with Crippen LogP contribution in [0.3, 0.4) is 0 Å². The highest BCUT2D eigenvalue weighted by atomic mass is 16.5. The molecule has 3 rings (SSSR count). The Hall–Kier alpha value is -3.78. The summed E-state index contributed by atoms with van der Waals surface area (Å²) in [7, 11) is 0. The summed E-state index contributed by atoms with van der Waals surface area (Å²) in [5, 5.41) is 14.4. The van der Waals surface area contributed by atoms with E-state index in [0.717, 1.165) is 6.42 Å². The molecule has 0 bridgehead atoms. The molecule has 5 nitrogen and oxygen atoms in total. The minimum Gasteiger partial charge on any atom is -0.457 e. The van der Waals surface area contributed by atoms with Gasteiger partial charge in [-0.2, -0.15) is 5.26 Å². The third-order valence-electron chi connectivity index (χ3n) is 3.87. The first-order valence-electron chi connectivity index (χ1n) is 8.60. The molecule has 0 atom stereocenters. The molecule has 2 N–H and O–H groups in total. The minimum atomic E-state index is -0.244. The largest absolute Gasteiger partial charge is 0.457 e. The maximum atomic E-state index is 12.0. The molecule has 0 saturated heterocycles. The Morgan fingerprint density at radius 1 is 0.889 bits per heavy atom. The van der Waals surface area contributed by atoms with Crippen LogP contribution >= 0.6 is 0 Å². The summed E-state index contributed by atoms with van der Waals surface area (Å²) < 4.78 is 5.71. The van der Waals surface area contributed by atoms with Crippen molar-refractivity contribution in [2.75, 3.05) is 11.9 Å². The molecule has 0 aromatic heterocycles. The van der Waals surface area contributed by atoms with Crippen molar-refractivity contribution in [3.05, 3.63) is 90.0 Å². The van der Waals surface area contributed by atoms with E-state index in [0.29, 0.717) is 29.3 Å². The maximum absolute atomic E-state index is 12.0. The number of benzene rings is 3. The summed E-state index contributed by atoms with van der Waals surface area (Å²) in [5.41, 5.74) is 2.45. The van der Waals surface area contributed by atoms with Gasteiger partial charge in [-0.3, -0.25) is 0 Å². The molecule has 0 aliphatic heterocycles. The van der Waals surface area contributed by atoms with Crippen LogP contribution in [-0.4, -0.2) is 12.6 Å². The summed E-state index contributed by atoms with van der Waals surface area (Å²) in [5.74, 6) is 1.29. The maximum Gasteiger partial charge on any atom is 0.319 e. The van der Waals surface area contributed by atoms with Crippen molar-refractivity contribution in [2.24, 2.45) is 0 Å². The summed E-state index contributed by atoms with van der Waals surface area (Å²) in [6, 6.07) is 25.8. The van der Waals surface area contributed by atoms with Crippen molar-refractivity contribution in [2.45, 2.75) is 6.42 Å². The number of anilines is 1. The van der Waals surface area contributed by atoms with Gasteiger partial charge in [0.25, 0.3) is 0 Å². The van der Waals surface area contributed by atoms with E-state index in [1.165, 1.54) is 5.56 Å². The molecule has 3 aromatic carbocycles. The topological polar surface area (TPSA) is 74.1 Å². The van der Waals surface area contributed by atoms with Crippen LogP contribution in [0.4, 0.5) is 10.5 Å². The number of nitrogens with one attached hydrogen (secondary N) is 2. The zero-order valence-corrected chi connectivity index (χ0v) is 14.7. The van der Waals surface area contributed by atoms with Gasteiger partial charge in [-0.1, -0.05) is 30.3 Å². The number of nitrogens with zero attached hydrogens (tertiary/aromatic N) is 1. The third kappa shape index (κ3) is 5.62. The van der Waals surface area contributed by atoms with Gasteiger partial charge in [0.1, 0.15) is 11.5 Å². The molecule has 0 heterocycles. The molecule has 5 heteroatoms. The number of rotatable bonds is 6. The second kappa shape index (κ2) is 9.07. The lowest BCUT2D eigenvalue weighted by Gasteiger charge is -2.09. The lowest BCUT2D eigenvalue weighted by Crippen LogP contribution is -2.30. The second-order valence-corrected chi connectivity index (χ2v) is 5.88. The zero-order valence-electron chi connectivity index (χ0n) is 14.7. The summed E-state index contributed by atoms with van der Waals surface area (Å²) in [4.78, 5) is 12.0. The Kier molecular flexibility index (Phi) is 6.05. The average molecular weight is 357 g/mol. The molecule has 134 valence electrons. The van der Waals surface area contributed by atoms with Crippen LogP contribution < -0.4 is 15.4 Å². The van der Waals surface area contributed by atoms with Gasteiger partial charge < -0.3 is 15.4 Å². The van der Waals surface area contributed by atoms with Crippen LogP contribution in [-0.2, 0) is 6.42 Å². The molecule has 0 aliphatic rings. The Labute approximate surface area is 158 Å². The van der Waals surface area contributed by atoms with E-state index in [2.05, 4.69) is 16.7 Å². The molecular formula is C22H19N3O2. The SMILES string of the molecule is N#Cc1ccc(Oc2ccc(NC(=O)NCCc3ccccc3)cc2)cc1. The fraction of sp³-hybridized carbons (Fsp3) is 0.0909. The normalized spacial score (nSPS) is 9.89. The van der Waals surface area contributed by atoms with Crippen molar-refractivity contribution in [3.8, 4) is 17.6 Å². The van der Waals surface area contributed by atoms with Gasteiger partial charge in [0.05, 0.1) is 11.6 Å². The fourth-order valence-electron chi connectivity index (χ4n) is 2.48. The number of hydrogen-bond acceptors (Lipinski definition) is 3. The number of carbonyl (C=O) groups excluding carboxylic acids is 1. The van der Waals surface area contributed by atoms with Crippen molar-refractivity contribution in [1.29, 1.82) is 5.26 Å². The lowest BCUT2D eigenvalue weighted by atomic mass is 10.1. The molecular weight excluding hydrogens is 338 g/mol. The van der Waals surface area contributed by atoms with Crippen LogP contribution in [0.25, 0.3) is 0 Å². The summed E-state index contributed by atoms with van der Waals surface area (Å²) in [6.45, 7) is 0.565. The molecule has 0 unspecified atom stereocenters. The van der Waals surface area contributed by atoms with Crippen LogP contribution in [0.5, 0.6) is 11.5 Å². The van der Waals surface area contributed by atoms with Gasteiger partial charge in [-0.05, 0) is 60.5 Å². The predicted octanol–water partition coefficient (Wildman–Crippen LogP) is 4.71. The highest BCUT2D eigenvalue weighted by Gasteiger charge is 2.03. The number of carbonyl (C=O) groups is 1.